The van der Waals surface area contributed by atoms with Crippen molar-refractivity contribution in [1.29, 1.82) is 0 Å². The summed E-state index contributed by atoms with van der Waals surface area (Å²) in [5.41, 5.74) is 13.7. The van der Waals surface area contributed by atoms with Gasteiger partial charge in [-0.05, 0) is 82.8 Å². The maximum absolute atomic E-state index is 5.72. The molecule has 0 amide bonds. The van der Waals surface area contributed by atoms with Gasteiger partial charge in [0, 0.05) is 25.5 Å². The first kappa shape index (κ1) is 21.4. The Kier molecular flexibility index (Phi) is 10.6. The molecule has 2 rings (SSSR count). The van der Waals surface area contributed by atoms with Crippen molar-refractivity contribution in [2.24, 2.45) is 11.5 Å². The molecule has 0 aliphatic heterocycles. The molecule has 0 aliphatic rings. The van der Waals surface area contributed by atoms with Crippen LogP contribution in [0.3, 0.4) is 0 Å². The lowest BCUT2D eigenvalue weighted by Gasteiger charge is -2.25. The second-order valence-electron chi connectivity index (χ2n) is 6.83. The first-order valence-electron chi connectivity index (χ1n) is 9.96. The molecule has 0 bridgehead atoms. The van der Waals surface area contributed by atoms with Gasteiger partial charge in [0.15, 0.2) is 0 Å². The Bertz CT molecular complexity index is 539. The van der Waals surface area contributed by atoms with Crippen molar-refractivity contribution in [2.45, 2.75) is 32.4 Å². The monoisotopic (exact) mass is 370 g/mol. The molecule has 0 radical (unpaired) electrons. The molecular weight excluding hydrogens is 336 g/mol. The Morgan fingerprint density at radius 2 is 1.07 bits per heavy atom. The average molecular weight is 371 g/mol. The van der Waals surface area contributed by atoms with Crippen molar-refractivity contribution in [3.05, 3.63) is 60.2 Å². The van der Waals surface area contributed by atoms with Crippen LogP contribution in [0, 0.1) is 0 Å². The summed E-state index contributed by atoms with van der Waals surface area (Å²) in [5, 5.41) is 0. The van der Waals surface area contributed by atoms with Gasteiger partial charge in [0.05, 0.1) is 11.4 Å². The van der Waals surface area contributed by atoms with E-state index in [1.165, 1.54) is 0 Å². The number of hydrogen-bond acceptors (Lipinski definition) is 6. The van der Waals surface area contributed by atoms with Gasteiger partial charge in [-0.1, -0.05) is 12.1 Å². The van der Waals surface area contributed by atoms with Crippen LogP contribution < -0.4 is 11.5 Å². The van der Waals surface area contributed by atoms with Gasteiger partial charge in [-0.3, -0.25) is 19.8 Å². The van der Waals surface area contributed by atoms with Gasteiger partial charge in [0.25, 0.3) is 0 Å². The van der Waals surface area contributed by atoms with Crippen molar-refractivity contribution in [3.8, 4) is 0 Å². The molecule has 4 N–H and O–H groups in total. The highest BCUT2D eigenvalue weighted by molar-refractivity contribution is 5.04. The standard InChI is InChI=1S/C21H34N6/c22-10-5-14-26(18-20-8-1-3-12-24-20)16-7-17-27(15-6-11-23)19-21-9-2-4-13-25-21/h1-4,8-9,12-13H,5-7,10-11,14-19,22-23H2. The van der Waals surface area contributed by atoms with Crippen molar-refractivity contribution in [3.63, 3.8) is 0 Å². The smallest absolute Gasteiger partial charge is 0.0543 e. The zero-order valence-corrected chi connectivity index (χ0v) is 16.3. The Hall–Kier alpha value is -1.86. The van der Waals surface area contributed by atoms with Crippen LogP contribution in [-0.2, 0) is 13.1 Å². The Labute approximate surface area is 163 Å². The molecule has 0 atom stereocenters. The summed E-state index contributed by atoms with van der Waals surface area (Å²) in [7, 11) is 0. The molecule has 0 unspecified atom stereocenters. The number of nitrogens with two attached hydrogens (primary N) is 2. The lowest BCUT2D eigenvalue weighted by atomic mass is 10.2. The van der Waals surface area contributed by atoms with Crippen molar-refractivity contribution in [2.75, 3.05) is 39.3 Å². The van der Waals surface area contributed by atoms with Crippen molar-refractivity contribution < 1.29 is 0 Å². The van der Waals surface area contributed by atoms with E-state index >= 15 is 0 Å². The molecule has 6 heteroatoms. The van der Waals surface area contributed by atoms with Crippen LogP contribution in [0.15, 0.2) is 48.8 Å². The average Bonchev–Trinajstić information content (AvgIpc) is 2.71. The van der Waals surface area contributed by atoms with E-state index < -0.39 is 0 Å². The maximum atomic E-state index is 5.72. The van der Waals surface area contributed by atoms with E-state index in [1.807, 2.05) is 36.7 Å². The molecule has 0 saturated carbocycles. The van der Waals surface area contributed by atoms with E-state index in [9.17, 15) is 0 Å². The SMILES string of the molecule is NCCCN(CCCN(CCCN)Cc1ccccn1)Cc1ccccn1. The van der Waals surface area contributed by atoms with Gasteiger partial charge in [0.2, 0.25) is 0 Å². The fourth-order valence-corrected chi connectivity index (χ4v) is 3.13. The third-order valence-corrected chi connectivity index (χ3v) is 4.53. The van der Waals surface area contributed by atoms with Crippen LogP contribution >= 0.6 is 0 Å². The Balaban J connectivity index is 1.84. The van der Waals surface area contributed by atoms with Crippen molar-refractivity contribution in [1.82, 2.24) is 19.8 Å². The molecule has 2 aromatic heterocycles. The lowest BCUT2D eigenvalue weighted by Crippen LogP contribution is -2.32. The normalized spacial score (nSPS) is 11.4. The summed E-state index contributed by atoms with van der Waals surface area (Å²) in [5.74, 6) is 0. The van der Waals surface area contributed by atoms with E-state index in [-0.39, 0.29) is 0 Å². The third kappa shape index (κ3) is 9.06. The molecule has 0 aliphatic carbocycles. The molecule has 2 heterocycles. The minimum absolute atomic E-state index is 0.723. The minimum Gasteiger partial charge on any atom is -0.330 e. The Morgan fingerprint density at radius 1 is 0.630 bits per heavy atom. The number of pyridine rings is 2. The van der Waals surface area contributed by atoms with Crippen LogP contribution in [-0.4, -0.2) is 59.0 Å². The highest BCUT2D eigenvalue weighted by atomic mass is 15.2. The number of rotatable bonds is 14. The quantitative estimate of drug-likeness (QED) is 0.528. The summed E-state index contributed by atoms with van der Waals surface area (Å²) in [4.78, 5) is 13.8. The molecule has 148 valence electrons. The maximum Gasteiger partial charge on any atom is 0.0543 e. The van der Waals surface area contributed by atoms with Crippen LogP contribution in [0.2, 0.25) is 0 Å². The summed E-state index contributed by atoms with van der Waals surface area (Å²) in [6.07, 6.45) is 6.85. The van der Waals surface area contributed by atoms with Crippen LogP contribution in [0.1, 0.15) is 30.7 Å². The molecule has 0 saturated heterocycles. The predicted octanol–water partition coefficient (Wildman–Crippen LogP) is 1.87. The molecule has 6 nitrogen and oxygen atoms in total. The molecule has 0 aromatic carbocycles. The van der Waals surface area contributed by atoms with E-state index in [0.29, 0.717) is 0 Å². The van der Waals surface area contributed by atoms with Crippen molar-refractivity contribution >= 4 is 0 Å². The summed E-state index contributed by atoms with van der Waals surface area (Å²) in [6.45, 7) is 7.30. The van der Waals surface area contributed by atoms with E-state index in [2.05, 4.69) is 31.9 Å². The third-order valence-electron chi connectivity index (χ3n) is 4.53. The topological polar surface area (TPSA) is 84.3 Å². The molecular formula is C21H34N6. The summed E-state index contributed by atoms with van der Waals surface area (Å²) in [6, 6.07) is 12.2. The van der Waals surface area contributed by atoms with Gasteiger partial charge >= 0.3 is 0 Å². The lowest BCUT2D eigenvalue weighted by molar-refractivity contribution is 0.213. The zero-order valence-electron chi connectivity index (χ0n) is 16.3. The van der Waals surface area contributed by atoms with Gasteiger partial charge in [-0.25, -0.2) is 0 Å². The fraction of sp³-hybridized carbons (Fsp3) is 0.524. The Morgan fingerprint density at radius 3 is 1.44 bits per heavy atom. The van der Waals surface area contributed by atoms with Gasteiger partial charge in [-0.15, -0.1) is 0 Å². The number of nitrogens with zero attached hydrogens (tertiary/aromatic N) is 4. The van der Waals surface area contributed by atoms with Gasteiger partial charge < -0.3 is 11.5 Å². The summed E-state index contributed by atoms with van der Waals surface area (Å²) >= 11 is 0. The summed E-state index contributed by atoms with van der Waals surface area (Å²) < 4.78 is 0. The van der Waals surface area contributed by atoms with Gasteiger partial charge in [0.1, 0.15) is 0 Å². The first-order valence-corrected chi connectivity index (χ1v) is 9.96. The van der Waals surface area contributed by atoms with Crippen LogP contribution in [0.5, 0.6) is 0 Å². The van der Waals surface area contributed by atoms with E-state index in [0.717, 1.165) is 83.0 Å². The molecule has 0 spiro atoms. The second kappa shape index (κ2) is 13.3. The second-order valence-corrected chi connectivity index (χ2v) is 6.83. The molecule has 2 aromatic rings. The number of hydrogen-bond donors (Lipinski definition) is 2. The number of aromatic nitrogens is 2. The van der Waals surface area contributed by atoms with Gasteiger partial charge in [-0.2, -0.15) is 0 Å². The minimum atomic E-state index is 0.723. The molecule has 0 fully saturated rings. The molecule has 27 heavy (non-hydrogen) atoms. The predicted molar refractivity (Wildman–Crippen MR) is 111 cm³/mol. The zero-order chi connectivity index (χ0) is 19.2. The largest absolute Gasteiger partial charge is 0.330 e. The highest BCUT2D eigenvalue weighted by Gasteiger charge is 2.10. The highest BCUT2D eigenvalue weighted by Crippen LogP contribution is 2.07. The van der Waals surface area contributed by atoms with E-state index in [4.69, 9.17) is 11.5 Å². The van der Waals surface area contributed by atoms with E-state index in [1.54, 1.807) is 0 Å². The fourth-order valence-electron chi connectivity index (χ4n) is 3.13. The van der Waals surface area contributed by atoms with Crippen LogP contribution in [0.4, 0.5) is 0 Å². The first-order chi connectivity index (χ1) is 13.3. The van der Waals surface area contributed by atoms with Crippen LogP contribution in [0.25, 0.3) is 0 Å².